The second-order valence-electron chi connectivity index (χ2n) is 3.81. The molecule has 0 amide bonds. The molecule has 4 heteroatoms. The first-order valence-corrected chi connectivity index (χ1v) is 5.31. The van der Waals surface area contributed by atoms with Crippen molar-refractivity contribution >= 4 is 5.97 Å². The Labute approximate surface area is 91.6 Å². The molecule has 0 aromatic rings. The fourth-order valence-corrected chi connectivity index (χ4v) is 1.30. The van der Waals surface area contributed by atoms with Crippen molar-refractivity contribution in [2.75, 3.05) is 13.7 Å². The van der Waals surface area contributed by atoms with Crippen LogP contribution in [0.15, 0.2) is 0 Å². The number of methoxy groups -OCH3 is 1. The van der Waals surface area contributed by atoms with Crippen molar-refractivity contribution in [3.05, 3.63) is 0 Å². The van der Waals surface area contributed by atoms with E-state index >= 15 is 0 Å². The molecule has 1 unspecified atom stereocenters. The van der Waals surface area contributed by atoms with Gasteiger partial charge in [0.15, 0.2) is 0 Å². The molecule has 0 saturated carbocycles. The summed E-state index contributed by atoms with van der Waals surface area (Å²) >= 11 is 0. The number of nitrogens with one attached hydrogen (secondary N) is 1. The van der Waals surface area contributed by atoms with Gasteiger partial charge in [-0.2, -0.15) is 5.26 Å². The van der Waals surface area contributed by atoms with Crippen LogP contribution >= 0.6 is 0 Å². The molecule has 0 aliphatic carbocycles. The quantitative estimate of drug-likeness (QED) is 0.512. The Morgan fingerprint density at radius 3 is 2.60 bits per heavy atom. The maximum atomic E-state index is 11.3. The van der Waals surface area contributed by atoms with Gasteiger partial charge < -0.3 is 10.1 Å². The normalized spacial score (nSPS) is 12.2. The molecule has 0 heterocycles. The van der Waals surface area contributed by atoms with Gasteiger partial charge in [0.1, 0.15) is 6.04 Å². The Morgan fingerprint density at radius 2 is 2.13 bits per heavy atom. The van der Waals surface area contributed by atoms with Crippen LogP contribution in [0.25, 0.3) is 0 Å². The van der Waals surface area contributed by atoms with Gasteiger partial charge >= 0.3 is 5.97 Å². The Balaban J connectivity index is 3.78. The molecule has 86 valence electrons. The highest BCUT2D eigenvalue weighted by molar-refractivity contribution is 5.75. The number of nitrogens with zero attached hydrogens (tertiary/aromatic N) is 1. The molecule has 0 aromatic heterocycles. The third kappa shape index (κ3) is 6.08. The van der Waals surface area contributed by atoms with E-state index in [9.17, 15) is 4.79 Å². The van der Waals surface area contributed by atoms with E-state index in [0.717, 1.165) is 19.4 Å². The van der Waals surface area contributed by atoms with E-state index in [1.165, 1.54) is 7.11 Å². The van der Waals surface area contributed by atoms with E-state index in [1.807, 2.05) is 13.8 Å². The molecule has 0 spiro atoms. The molecule has 4 nitrogen and oxygen atoms in total. The molecule has 0 radical (unpaired) electrons. The smallest absolute Gasteiger partial charge is 0.323 e. The van der Waals surface area contributed by atoms with E-state index in [2.05, 4.69) is 11.4 Å². The Morgan fingerprint density at radius 1 is 1.47 bits per heavy atom. The van der Waals surface area contributed by atoms with Gasteiger partial charge in [-0.25, -0.2) is 0 Å². The van der Waals surface area contributed by atoms with Crippen LogP contribution in [0.2, 0.25) is 0 Å². The summed E-state index contributed by atoms with van der Waals surface area (Å²) in [6, 6.07) is 1.85. The average Bonchev–Trinajstić information content (AvgIpc) is 2.22. The maximum Gasteiger partial charge on any atom is 0.323 e. The number of carbonyl (C=O) groups is 1. The van der Waals surface area contributed by atoms with Gasteiger partial charge in [-0.15, -0.1) is 0 Å². The summed E-state index contributed by atoms with van der Waals surface area (Å²) in [4.78, 5) is 11.3. The lowest BCUT2D eigenvalue weighted by atomic mass is 10.0. The molecule has 0 aromatic carbocycles. The van der Waals surface area contributed by atoms with Crippen molar-refractivity contribution < 1.29 is 9.53 Å². The highest BCUT2D eigenvalue weighted by atomic mass is 16.5. The minimum atomic E-state index is -0.239. The largest absolute Gasteiger partial charge is 0.468 e. The summed E-state index contributed by atoms with van der Waals surface area (Å²) < 4.78 is 4.70. The van der Waals surface area contributed by atoms with Gasteiger partial charge in [-0.1, -0.05) is 13.8 Å². The number of unbranched alkanes of at least 4 members (excludes halogenated alkanes) is 2. The molecular formula is C11H20N2O2. The number of ether oxygens (including phenoxy) is 1. The fraction of sp³-hybridized carbons (Fsp3) is 0.818. The summed E-state index contributed by atoms with van der Waals surface area (Å²) in [6.45, 7) is 4.70. The molecule has 0 saturated heterocycles. The third-order valence-corrected chi connectivity index (χ3v) is 2.20. The first-order valence-electron chi connectivity index (χ1n) is 5.31. The van der Waals surface area contributed by atoms with Crippen LogP contribution in [0.3, 0.4) is 0 Å². The van der Waals surface area contributed by atoms with E-state index in [0.29, 0.717) is 6.42 Å². The minimum absolute atomic E-state index is 0.216. The summed E-state index contributed by atoms with van der Waals surface area (Å²) in [5, 5.41) is 11.5. The summed E-state index contributed by atoms with van der Waals surface area (Å²) in [5.74, 6) is -0.00120. The van der Waals surface area contributed by atoms with Gasteiger partial charge in [-0.3, -0.25) is 4.79 Å². The highest BCUT2D eigenvalue weighted by Crippen LogP contribution is 2.04. The van der Waals surface area contributed by atoms with E-state index in [-0.39, 0.29) is 17.9 Å². The van der Waals surface area contributed by atoms with Crippen molar-refractivity contribution in [1.29, 1.82) is 5.26 Å². The van der Waals surface area contributed by atoms with Crippen LogP contribution in [0, 0.1) is 17.2 Å². The van der Waals surface area contributed by atoms with Gasteiger partial charge in [0.25, 0.3) is 0 Å². The zero-order valence-corrected chi connectivity index (χ0v) is 9.75. The number of hydrogen-bond acceptors (Lipinski definition) is 4. The van der Waals surface area contributed by atoms with Crippen LogP contribution in [0.1, 0.15) is 33.1 Å². The third-order valence-electron chi connectivity index (χ3n) is 2.20. The number of carbonyl (C=O) groups excluding carboxylic acids is 1. The van der Waals surface area contributed by atoms with Crippen molar-refractivity contribution in [3.63, 3.8) is 0 Å². The number of hydrogen-bond donors (Lipinski definition) is 1. The number of esters is 1. The predicted octanol–water partition coefficient (Wildman–Crippen LogP) is 1.47. The number of rotatable bonds is 7. The zero-order valence-electron chi connectivity index (χ0n) is 9.75. The zero-order chi connectivity index (χ0) is 11.7. The lowest BCUT2D eigenvalue weighted by Gasteiger charge is -2.19. The topological polar surface area (TPSA) is 62.1 Å². The minimum Gasteiger partial charge on any atom is -0.468 e. The first kappa shape index (κ1) is 13.9. The Hall–Kier alpha value is -1.08. The molecule has 1 atom stereocenters. The molecule has 1 N–H and O–H groups in total. The second-order valence-corrected chi connectivity index (χ2v) is 3.81. The Kier molecular flexibility index (Phi) is 7.65. The molecule has 0 fully saturated rings. The molecule has 0 rings (SSSR count). The Bertz CT molecular complexity index is 221. The van der Waals surface area contributed by atoms with E-state index in [4.69, 9.17) is 10.00 Å². The standard InChI is InChI=1S/C11H20N2O2/c1-9(2)10(11(14)15-3)13-8-6-4-5-7-12/h9-10,13H,4-6,8H2,1-3H3. The van der Waals surface area contributed by atoms with Crippen LogP contribution in [-0.4, -0.2) is 25.7 Å². The van der Waals surface area contributed by atoms with E-state index < -0.39 is 0 Å². The SMILES string of the molecule is COC(=O)C(NCCCCC#N)C(C)C. The van der Waals surface area contributed by atoms with Crippen LogP contribution in [0.4, 0.5) is 0 Å². The second kappa shape index (κ2) is 8.25. The van der Waals surface area contributed by atoms with Crippen molar-refractivity contribution in [2.45, 2.75) is 39.2 Å². The molecular weight excluding hydrogens is 192 g/mol. The molecule has 0 aliphatic rings. The van der Waals surface area contributed by atoms with E-state index in [1.54, 1.807) is 0 Å². The fourth-order valence-electron chi connectivity index (χ4n) is 1.30. The maximum absolute atomic E-state index is 11.3. The van der Waals surface area contributed by atoms with Crippen LogP contribution < -0.4 is 5.32 Å². The highest BCUT2D eigenvalue weighted by Gasteiger charge is 2.21. The molecule has 15 heavy (non-hydrogen) atoms. The molecule has 0 aliphatic heterocycles. The summed E-state index contributed by atoms with van der Waals surface area (Å²) in [6.07, 6.45) is 2.36. The monoisotopic (exact) mass is 212 g/mol. The summed E-state index contributed by atoms with van der Waals surface area (Å²) in [5.41, 5.74) is 0. The molecule has 0 bridgehead atoms. The average molecular weight is 212 g/mol. The lowest BCUT2D eigenvalue weighted by Crippen LogP contribution is -2.42. The van der Waals surface area contributed by atoms with Gasteiger partial charge in [0.2, 0.25) is 0 Å². The van der Waals surface area contributed by atoms with Crippen LogP contribution in [0.5, 0.6) is 0 Å². The van der Waals surface area contributed by atoms with Crippen molar-refractivity contribution in [1.82, 2.24) is 5.32 Å². The number of nitriles is 1. The predicted molar refractivity (Wildman–Crippen MR) is 58.1 cm³/mol. The van der Waals surface area contributed by atoms with Gasteiger partial charge in [0.05, 0.1) is 13.2 Å². The lowest BCUT2D eigenvalue weighted by molar-refractivity contribution is -0.144. The van der Waals surface area contributed by atoms with Gasteiger partial charge in [0, 0.05) is 6.42 Å². The van der Waals surface area contributed by atoms with Crippen molar-refractivity contribution in [2.24, 2.45) is 5.92 Å². The first-order chi connectivity index (χ1) is 7.13. The van der Waals surface area contributed by atoms with Crippen LogP contribution in [-0.2, 0) is 9.53 Å². The summed E-state index contributed by atoms with van der Waals surface area (Å²) in [7, 11) is 1.40. The van der Waals surface area contributed by atoms with Crippen molar-refractivity contribution in [3.8, 4) is 6.07 Å². The van der Waals surface area contributed by atoms with Gasteiger partial charge in [-0.05, 0) is 25.3 Å².